The van der Waals surface area contributed by atoms with Crippen LogP contribution in [0.15, 0.2) is 35.6 Å². The van der Waals surface area contributed by atoms with E-state index in [9.17, 15) is 18.0 Å². The number of hydrogen-bond donors (Lipinski definition) is 2. The number of ether oxygens (including phenoxy) is 1. The van der Waals surface area contributed by atoms with Crippen molar-refractivity contribution in [2.45, 2.75) is 12.8 Å². The SMILES string of the molecule is O=C(O)C1=NCN(c2ncc(OCc3c(Cl)cccc3C(F)(F)F)cn2)N1. The summed E-state index contributed by atoms with van der Waals surface area (Å²) in [6.07, 6.45) is -2.08. The molecular formula is C15H11ClF3N5O3. The van der Waals surface area contributed by atoms with E-state index in [1.54, 1.807) is 0 Å². The van der Waals surface area contributed by atoms with Crippen molar-refractivity contribution >= 4 is 29.4 Å². The molecule has 0 spiro atoms. The number of aliphatic imine (C=N–C) groups is 1. The molecular weight excluding hydrogens is 391 g/mol. The van der Waals surface area contributed by atoms with E-state index in [-0.39, 0.29) is 34.8 Å². The van der Waals surface area contributed by atoms with Crippen molar-refractivity contribution < 1.29 is 27.8 Å². The summed E-state index contributed by atoms with van der Waals surface area (Å²) in [6, 6.07) is 3.47. The van der Waals surface area contributed by atoms with E-state index in [1.807, 2.05) is 0 Å². The highest BCUT2D eigenvalue weighted by Crippen LogP contribution is 2.35. The van der Waals surface area contributed by atoms with Gasteiger partial charge in [0.25, 0.3) is 0 Å². The molecule has 0 bridgehead atoms. The monoisotopic (exact) mass is 401 g/mol. The van der Waals surface area contributed by atoms with Crippen LogP contribution in [0.3, 0.4) is 0 Å². The number of benzene rings is 1. The standard InChI is InChI=1S/C15H11ClF3N5O3/c16-11-3-1-2-10(15(17,18)19)9(11)6-27-8-4-20-14(21-5-8)24-7-22-12(23-24)13(25)26/h1-5H,6-7H2,(H,22,23)(H,25,26). The molecule has 0 saturated carbocycles. The first-order valence-corrected chi connectivity index (χ1v) is 7.75. The zero-order valence-corrected chi connectivity index (χ0v) is 14.1. The van der Waals surface area contributed by atoms with Gasteiger partial charge in [0.05, 0.1) is 18.0 Å². The number of nitrogens with one attached hydrogen (secondary N) is 1. The molecule has 0 atom stereocenters. The van der Waals surface area contributed by atoms with Gasteiger partial charge in [-0.2, -0.15) is 13.2 Å². The van der Waals surface area contributed by atoms with Gasteiger partial charge in [-0.25, -0.2) is 24.8 Å². The number of rotatable bonds is 5. The van der Waals surface area contributed by atoms with Crippen molar-refractivity contribution in [1.82, 2.24) is 15.4 Å². The molecule has 0 radical (unpaired) electrons. The number of carboxylic acid groups (broad SMARTS) is 1. The van der Waals surface area contributed by atoms with Crippen molar-refractivity contribution in [3.05, 3.63) is 46.7 Å². The Hall–Kier alpha value is -3.08. The van der Waals surface area contributed by atoms with Gasteiger partial charge in [-0.1, -0.05) is 17.7 Å². The van der Waals surface area contributed by atoms with E-state index in [0.29, 0.717) is 0 Å². The minimum Gasteiger partial charge on any atom is -0.486 e. The number of nitrogens with zero attached hydrogens (tertiary/aromatic N) is 4. The molecule has 2 N–H and O–H groups in total. The number of aromatic nitrogens is 2. The number of hydrazine groups is 1. The maximum absolute atomic E-state index is 13.1. The van der Waals surface area contributed by atoms with Crippen LogP contribution in [0.25, 0.3) is 0 Å². The number of aliphatic carboxylic acids is 1. The third-order valence-corrected chi connectivity index (χ3v) is 3.83. The van der Waals surface area contributed by atoms with Gasteiger partial charge in [-0.15, -0.1) is 0 Å². The number of carboxylic acids is 1. The Labute approximate surface area is 155 Å². The number of halogens is 4. The molecule has 3 rings (SSSR count). The molecule has 0 amide bonds. The largest absolute Gasteiger partial charge is 0.486 e. The average Bonchev–Trinajstić information content (AvgIpc) is 3.10. The molecule has 142 valence electrons. The average molecular weight is 402 g/mol. The lowest BCUT2D eigenvalue weighted by Gasteiger charge is -2.16. The summed E-state index contributed by atoms with van der Waals surface area (Å²) in [6.45, 7) is -0.429. The van der Waals surface area contributed by atoms with Crippen LogP contribution in [-0.4, -0.2) is 33.5 Å². The zero-order chi connectivity index (χ0) is 19.6. The third kappa shape index (κ3) is 4.19. The lowest BCUT2D eigenvalue weighted by atomic mass is 10.1. The Balaban J connectivity index is 1.68. The molecule has 12 heteroatoms. The fraction of sp³-hybridized carbons (Fsp3) is 0.200. The predicted octanol–water partition coefficient (Wildman–Crippen LogP) is 2.49. The first kappa shape index (κ1) is 18.7. The van der Waals surface area contributed by atoms with Crippen LogP contribution in [0.2, 0.25) is 5.02 Å². The molecule has 1 aromatic carbocycles. The number of carbonyl (C=O) groups is 1. The Morgan fingerprint density at radius 1 is 1.33 bits per heavy atom. The van der Waals surface area contributed by atoms with Crippen molar-refractivity contribution in [2.75, 3.05) is 11.7 Å². The lowest BCUT2D eigenvalue weighted by Crippen LogP contribution is -2.40. The molecule has 2 aromatic rings. The summed E-state index contributed by atoms with van der Waals surface area (Å²) in [4.78, 5) is 22.5. The van der Waals surface area contributed by atoms with Crippen LogP contribution in [0.5, 0.6) is 5.75 Å². The van der Waals surface area contributed by atoms with Crippen LogP contribution in [0, 0.1) is 0 Å². The van der Waals surface area contributed by atoms with Crippen LogP contribution in [0.1, 0.15) is 11.1 Å². The van der Waals surface area contributed by atoms with Gasteiger partial charge in [-0.3, -0.25) is 5.43 Å². The highest BCUT2D eigenvalue weighted by Gasteiger charge is 2.34. The van der Waals surface area contributed by atoms with Crippen molar-refractivity contribution in [3.8, 4) is 5.75 Å². The van der Waals surface area contributed by atoms with Crippen LogP contribution < -0.4 is 15.2 Å². The van der Waals surface area contributed by atoms with Gasteiger partial charge in [0.1, 0.15) is 13.3 Å². The molecule has 0 aliphatic carbocycles. The quantitative estimate of drug-likeness (QED) is 0.794. The van der Waals surface area contributed by atoms with Gasteiger partial charge >= 0.3 is 12.1 Å². The van der Waals surface area contributed by atoms with Gasteiger partial charge in [-0.05, 0) is 12.1 Å². The predicted molar refractivity (Wildman–Crippen MR) is 88.4 cm³/mol. The Morgan fingerprint density at radius 2 is 2.04 bits per heavy atom. The fourth-order valence-electron chi connectivity index (χ4n) is 2.22. The topological polar surface area (TPSA) is 99.9 Å². The normalized spacial score (nSPS) is 13.9. The molecule has 2 heterocycles. The second-order valence-electron chi connectivity index (χ2n) is 5.26. The Kier molecular flexibility index (Phi) is 5.04. The van der Waals surface area contributed by atoms with Crippen LogP contribution in [0.4, 0.5) is 19.1 Å². The summed E-state index contributed by atoms with van der Waals surface area (Å²) >= 11 is 5.87. The molecule has 0 saturated heterocycles. The molecule has 0 fully saturated rings. The van der Waals surface area contributed by atoms with Gasteiger partial charge < -0.3 is 9.84 Å². The number of anilines is 1. The summed E-state index contributed by atoms with van der Waals surface area (Å²) in [5.74, 6) is -1.24. The van der Waals surface area contributed by atoms with E-state index in [0.717, 1.165) is 6.07 Å². The van der Waals surface area contributed by atoms with Crippen molar-refractivity contribution in [1.29, 1.82) is 0 Å². The first-order chi connectivity index (χ1) is 12.8. The Bertz CT molecular complexity index is 889. The summed E-state index contributed by atoms with van der Waals surface area (Å²) in [5, 5.41) is 10.0. The third-order valence-electron chi connectivity index (χ3n) is 3.48. The minimum atomic E-state index is -4.56. The van der Waals surface area contributed by atoms with Crippen molar-refractivity contribution in [3.63, 3.8) is 0 Å². The second kappa shape index (κ2) is 7.27. The number of hydrogen-bond acceptors (Lipinski definition) is 7. The van der Waals surface area contributed by atoms with E-state index >= 15 is 0 Å². The summed E-state index contributed by atoms with van der Waals surface area (Å²) < 4.78 is 44.5. The van der Waals surface area contributed by atoms with Crippen LogP contribution in [-0.2, 0) is 17.6 Å². The maximum atomic E-state index is 13.1. The highest BCUT2D eigenvalue weighted by molar-refractivity contribution is 6.35. The second-order valence-corrected chi connectivity index (χ2v) is 5.67. The van der Waals surface area contributed by atoms with Crippen LogP contribution >= 0.6 is 11.6 Å². The van der Waals surface area contributed by atoms with Gasteiger partial charge in [0, 0.05) is 10.6 Å². The summed E-state index contributed by atoms with van der Waals surface area (Å²) in [7, 11) is 0. The molecule has 27 heavy (non-hydrogen) atoms. The number of alkyl halides is 3. The molecule has 1 aromatic heterocycles. The zero-order valence-electron chi connectivity index (χ0n) is 13.4. The lowest BCUT2D eigenvalue weighted by molar-refractivity contribution is -0.138. The number of amidine groups is 1. The summed E-state index contributed by atoms with van der Waals surface area (Å²) in [5.41, 5.74) is 1.41. The molecule has 1 aliphatic rings. The van der Waals surface area contributed by atoms with E-state index in [4.69, 9.17) is 21.4 Å². The van der Waals surface area contributed by atoms with E-state index in [1.165, 1.54) is 29.5 Å². The van der Waals surface area contributed by atoms with E-state index in [2.05, 4.69) is 20.4 Å². The van der Waals surface area contributed by atoms with E-state index < -0.39 is 24.3 Å². The minimum absolute atomic E-state index is 0.00357. The van der Waals surface area contributed by atoms with Gasteiger partial charge in [0.15, 0.2) is 5.75 Å². The van der Waals surface area contributed by atoms with Crippen molar-refractivity contribution in [2.24, 2.45) is 4.99 Å². The maximum Gasteiger partial charge on any atom is 0.416 e. The smallest absolute Gasteiger partial charge is 0.416 e. The molecule has 8 nitrogen and oxygen atoms in total. The molecule has 1 aliphatic heterocycles. The first-order valence-electron chi connectivity index (χ1n) is 7.37. The highest BCUT2D eigenvalue weighted by atomic mass is 35.5. The van der Waals surface area contributed by atoms with Gasteiger partial charge in [0.2, 0.25) is 11.8 Å². The Morgan fingerprint density at radius 3 is 2.63 bits per heavy atom. The molecule has 0 unspecified atom stereocenters. The fourth-order valence-corrected chi connectivity index (χ4v) is 2.45.